The Kier molecular flexibility index (Phi) is 6.28. The number of hydrogen-bond acceptors (Lipinski definition) is 1. The van der Waals surface area contributed by atoms with Gasteiger partial charge in [-0.2, -0.15) is 0 Å². The van der Waals surface area contributed by atoms with E-state index in [0.29, 0.717) is 0 Å². The first-order chi connectivity index (χ1) is 5.24. The Morgan fingerprint density at radius 3 is 2.67 bits per heavy atom. The third-order valence-electron chi connectivity index (χ3n) is 2.35. The Hall–Kier alpha value is 0.500. The molecule has 0 radical (unpaired) electrons. The van der Waals surface area contributed by atoms with Crippen molar-refractivity contribution < 1.29 is 21.6 Å². The maximum atomic E-state index is 2.51. The average molecular weight is 252 g/mol. The van der Waals surface area contributed by atoms with E-state index in [9.17, 15) is 0 Å². The predicted octanol–water partition coefficient (Wildman–Crippen LogP) is -0.786. The quantitative estimate of drug-likeness (QED) is 0.595. The van der Waals surface area contributed by atoms with E-state index in [1.165, 1.54) is 30.3 Å². The summed E-state index contributed by atoms with van der Waals surface area (Å²) in [5.74, 6) is 2.14. The van der Waals surface area contributed by atoms with Crippen molar-refractivity contribution in [3.05, 3.63) is 0 Å². The standard InChI is InChI=1S/C9H18NS.BrH/c1-4-8(2)7-10-5-6-11-9(10)3;/h8H,4-7H2,1-3H3;1H/q+1;/p-1/t8-;/m0./s1. The smallest absolute Gasteiger partial charge is 0.207 e. The molecule has 1 heterocycles. The van der Waals surface area contributed by atoms with Crippen LogP contribution in [0.2, 0.25) is 0 Å². The van der Waals surface area contributed by atoms with Crippen molar-refractivity contribution in [3.8, 4) is 0 Å². The minimum Gasteiger partial charge on any atom is -1.00 e. The number of halogens is 1. The fourth-order valence-electron chi connectivity index (χ4n) is 1.28. The first-order valence-electron chi connectivity index (χ1n) is 4.45. The molecule has 1 nitrogen and oxygen atoms in total. The molecule has 1 aliphatic heterocycles. The molecule has 1 atom stereocenters. The zero-order chi connectivity index (χ0) is 8.27. The molecule has 0 N–H and O–H groups in total. The van der Waals surface area contributed by atoms with E-state index in [-0.39, 0.29) is 17.0 Å². The summed E-state index contributed by atoms with van der Waals surface area (Å²) in [4.78, 5) is 0. The van der Waals surface area contributed by atoms with Crippen molar-refractivity contribution in [2.75, 3.05) is 18.8 Å². The van der Waals surface area contributed by atoms with Crippen LogP contribution >= 0.6 is 11.8 Å². The Morgan fingerprint density at radius 2 is 2.25 bits per heavy atom. The predicted molar refractivity (Wildman–Crippen MR) is 52.6 cm³/mol. The number of hydrogen-bond donors (Lipinski definition) is 0. The van der Waals surface area contributed by atoms with Gasteiger partial charge < -0.3 is 17.0 Å². The lowest BCUT2D eigenvalue weighted by Gasteiger charge is -2.04. The highest BCUT2D eigenvalue weighted by Gasteiger charge is 2.19. The lowest BCUT2D eigenvalue weighted by Crippen LogP contribution is -3.00. The maximum absolute atomic E-state index is 2.51. The van der Waals surface area contributed by atoms with E-state index in [4.69, 9.17) is 0 Å². The number of nitrogens with zero attached hydrogens (tertiary/aromatic N) is 1. The van der Waals surface area contributed by atoms with Gasteiger partial charge in [0.2, 0.25) is 5.04 Å². The molecule has 0 amide bonds. The summed E-state index contributed by atoms with van der Waals surface area (Å²) in [7, 11) is 0. The van der Waals surface area contributed by atoms with Crippen LogP contribution in [0.5, 0.6) is 0 Å². The molecule has 0 unspecified atom stereocenters. The molecule has 12 heavy (non-hydrogen) atoms. The summed E-state index contributed by atoms with van der Waals surface area (Å²) in [5.41, 5.74) is 0. The van der Waals surface area contributed by atoms with Crippen molar-refractivity contribution in [2.24, 2.45) is 5.92 Å². The normalized spacial score (nSPS) is 19.2. The average Bonchev–Trinajstić information content (AvgIpc) is 2.37. The second kappa shape index (κ2) is 6.03. The van der Waals surface area contributed by atoms with Gasteiger partial charge in [-0.25, -0.2) is 4.58 Å². The fraction of sp³-hybridized carbons (Fsp3) is 0.889. The van der Waals surface area contributed by atoms with Gasteiger partial charge in [-0.1, -0.05) is 25.6 Å². The highest BCUT2D eigenvalue weighted by molar-refractivity contribution is 8.13. The molecule has 0 aliphatic carbocycles. The molecule has 1 aliphatic rings. The van der Waals surface area contributed by atoms with Crippen LogP contribution in [0.3, 0.4) is 0 Å². The van der Waals surface area contributed by atoms with Crippen LogP contribution in [0.15, 0.2) is 0 Å². The van der Waals surface area contributed by atoms with Gasteiger partial charge >= 0.3 is 0 Å². The number of rotatable bonds is 3. The third kappa shape index (κ3) is 3.48. The van der Waals surface area contributed by atoms with Crippen molar-refractivity contribution in [1.29, 1.82) is 0 Å². The molecule has 0 saturated heterocycles. The number of thioether (sulfide) groups is 1. The SMILES string of the molecule is CC[C@H](C)C[N+]1=C(C)SCC1.[Br-]. The molecular weight excluding hydrogens is 234 g/mol. The van der Waals surface area contributed by atoms with Gasteiger partial charge in [0.05, 0.1) is 5.75 Å². The largest absolute Gasteiger partial charge is 1.00 e. The second-order valence-corrected chi connectivity index (χ2v) is 4.61. The van der Waals surface area contributed by atoms with Crippen LogP contribution in [0.4, 0.5) is 0 Å². The maximum Gasteiger partial charge on any atom is 0.207 e. The molecule has 0 fully saturated rings. The second-order valence-electron chi connectivity index (χ2n) is 3.33. The van der Waals surface area contributed by atoms with Gasteiger partial charge in [-0.3, -0.25) is 0 Å². The van der Waals surface area contributed by atoms with Gasteiger partial charge in [0.25, 0.3) is 0 Å². The summed E-state index contributed by atoms with van der Waals surface area (Å²) in [6.07, 6.45) is 1.30. The highest BCUT2D eigenvalue weighted by Crippen LogP contribution is 2.13. The molecule has 0 spiro atoms. The van der Waals surface area contributed by atoms with Crippen molar-refractivity contribution >= 4 is 16.8 Å². The summed E-state index contributed by atoms with van der Waals surface area (Å²) < 4.78 is 2.51. The molecule has 0 aromatic heterocycles. The highest BCUT2D eigenvalue weighted by atomic mass is 79.9. The van der Waals surface area contributed by atoms with Crippen LogP contribution in [-0.2, 0) is 0 Å². The minimum atomic E-state index is 0. The molecule has 72 valence electrons. The van der Waals surface area contributed by atoms with Gasteiger partial charge in [0.1, 0.15) is 6.54 Å². The molecule has 1 rings (SSSR count). The Bertz CT molecular complexity index is 168. The zero-order valence-electron chi connectivity index (χ0n) is 8.14. The topological polar surface area (TPSA) is 3.01 Å². The van der Waals surface area contributed by atoms with Crippen LogP contribution < -0.4 is 17.0 Å². The monoisotopic (exact) mass is 251 g/mol. The third-order valence-corrected chi connectivity index (χ3v) is 3.41. The fourth-order valence-corrected chi connectivity index (χ4v) is 2.23. The Labute approximate surface area is 90.4 Å². The zero-order valence-corrected chi connectivity index (χ0v) is 10.5. The van der Waals surface area contributed by atoms with Gasteiger partial charge in [-0.15, -0.1) is 0 Å². The molecule has 0 aromatic carbocycles. The summed E-state index contributed by atoms with van der Waals surface area (Å²) in [6, 6.07) is 0. The molecular formula is C9H18BrNS. The van der Waals surface area contributed by atoms with Crippen LogP contribution in [0.1, 0.15) is 27.2 Å². The van der Waals surface area contributed by atoms with E-state index in [1.54, 1.807) is 0 Å². The van der Waals surface area contributed by atoms with E-state index < -0.39 is 0 Å². The lowest BCUT2D eigenvalue weighted by atomic mass is 10.1. The van der Waals surface area contributed by atoms with E-state index in [0.717, 1.165) is 5.92 Å². The molecule has 3 heteroatoms. The van der Waals surface area contributed by atoms with Crippen LogP contribution in [0, 0.1) is 5.92 Å². The van der Waals surface area contributed by atoms with Crippen LogP contribution in [-0.4, -0.2) is 28.5 Å². The lowest BCUT2D eigenvalue weighted by molar-refractivity contribution is -0.524. The first kappa shape index (κ1) is 12.5. The first-order valence-corrected chi connectivity index (χ1v) is 5.44. The Morgan fingerprint density at radius 1 is 1.58 bits per heavy atom. The summed E-state index contributed by atoms with van der Waals surface area (Å²) in [6.45, 7) is 9.36. The van der Waals surface area contributed by atoms with Crippen molar-refractivity contribution in [1.82, 2.24) is 0 Å². The van der Waals surface area contributed by atoms with Crippen molar-refractivity contribution in [2.45, 2.75) is 27.2 Å². The minimum absolute atomic E-state index is 0. The van der Waals surface area contributed by atoms with Gasteiger partial charge in [0.15, 0.2) is 6.54 Å². The van der Waals surface area contributed by atoms with Gasteiger partial charge in [0, 0.05) is 12.8 Å². The van der Waals surface area contributed by atoms with Gasteiger partial charge in [-0.05, 0) is 6.42 Å². The summed E-state index contributed by atoms with van der Waals surface area (Å²) in [5, 5.41) is 1.52. The Balaban J connectivity index is 0.00000121. The van der Waals surface area contributed by atoms with E-state index >= 15 is 0 Å². The van der Waals surface area contributed by atoms with E-state index in [1.807, 2.05) is 11.8 Å². The van der Waals surface area contributed by atoms with Crippen LogP contribution in [0.25, 0.3) is 0 Å². The van der Waals surface area contributed by atoms with Crippen molar-refractivity contribution in [3.63, 3.8) is 0 Å². The molecule has 0 bridgehead atoms. The summed E-state index contributed by atoms with van der Waals surface area (Å²) >= 11 is 2.00. The van der Waals surface area contributed by atoms with E-state index in [2.05, 4.69) is 25.3 Å². The molecule has 0 saturated carbocycles. The molecule has 0 aromatic rings.